The Morgan fingerprint density at radius 3 is 2.67 bits per heavy atom. The van der Waals surface area contributed by atoms with E-state index in [1.165, 1.54) is 12.7 Å². The van der Waals surface area contributed by atoms with E-state index >= 15 is 0 Å². The summed E-state index contributed by atoms with van der Waals surface area (Å²) in [7, 11) is 0. The highest BCUT2D eigenvalue weighted by molar-refractivity contribution is 5.92. The van der Waals surface area contributed by atoms with Crippen molar-refractivity contribution in [2.45, 2.75) is 38.1 Å². The van der Waals surface area contributed by atoms with Crippen molar-refractivity contribution in [3.63, 3.8) is 0 Å². The van der Waals surface area contributed by atoms with Crippen LogP contribution in [0.5, 0.6) is 0 Å². The smallest absolute Gasteiger partial charge is 0.227 e. The lowest BCUT2D eigenvalue weighted by Crippen LogP contribution is -2.48. The number of hydrogen-bond acceptors (Lipinski definition) is 5. The summed E-state index contributed by atoms with van der Waals surface area (Å²) in [5.74, 6) is 1.83. The van der Waals surface area contributed by atoms with Crippen LogP contribution in [0.1, 0.15) is 32.1 Å². The molecule has 1 amide bonds. The first-order valence-corrected chi connectivity index (χ1v) is 8.58. The van der Waals surface area contributed by atoms with Gasteiger partial charge in [-0.25, -0.2) is 14.6 Å². The minimum Gasteiger partial charge on any atom is -0.327 e. The highest BCUT2D eigenvalue weighted by Gasteiger charge is 2.40. The van der Waals surface area contributed by atoms with Crippen molar-refractivity contribution in [3.05, 3.63) is 31.0 Å². The number of hydrogen-bond donors (Lipinski definition) is 2. The summed E-state index contributed by atoms with van der Waals surface area (Å²) in [6, 6.07) is 3.94. The summed E-state index contributed by atoms with van der Waals surface area (Å²) in [5.41, 5.74) is 7.02. The monoisotopic (exact) mass is 326 g/mol. The fraction of sp³-hybridized carbons (Fsp3) is 0.529. The maximum Gasteiger partial charge on any atom is 0.227 e. The Morgan fingerprint density at radius 1 is 1.25 bits per heavy atom. The van der Waals surface area contributed by atoms with Crippen molar-refractivity contribution in [1.82, 2.24) is 19.7 Å². The van der Waals surface area contributed by atoms with Gasteiger partial charge in [0, 0.05) is 12.0 Å². The lowest BCUT2D eigenvalue weighted by atomic mass is 9.65. The fourth-order valence-electron chi connectivity index (χ4n) is 4.17. The SMILES string of the molecule is NC1C2CCCC1CC(C(=O)Nc1ccc(-n3cncn3)nc1)C2. The van der Waals surface area contributed by atoms with E-state index in [1.807, 2.05) is 12.1 Å². The molecule has 0 aromatic carbocycles. The minimum absolute atomic E-state index is 0.0649. The number of aromatic nitrogens is 4. The molecule has 2 bridgehead atoms. The van der Waals surface area contributed by atoms with Gasteiger partial charge in [-0.3, -0.25) is 4.79 Å². The van der Waals surface area contributed by atoms with E-state index in [1.54, 1.807) is 17.2 Å². The van der Waals surface area contributed by atoms with Gasteiger partial charge in [0.15, 0.2) is 5.82 Å². The molecule has 7 heteroatoms. The van der Waals surface area contributed by atoms with Crippen LogP contribution in [-0.2, 0) is 4.79 Å². The summed E-state index contributed by atoms with van der Waals surface area (Å²) in [6.45, 7) is 0. The second-order valence-electron chi connectivity index (χ2n) is 6.93. The number of anilines is 1. The summed E-state index contributed by atoms with van der Waals surface area (Å²) < 4.78 is 1.58. The maximum atomic E-state index is 12.6. The summed E-state index contributed by atoms with van der Waals surface area (Å²) in [5, 5.41) is 7.03. The van der Waals surface area contributed by atoms with Crippen molar-refractivity contribution in [2.75, 3.05) is 5.32 Å². The molecule has 3 N–H and O–H groups in total. The van der Waals surface area contributed by atoms with Gasteiger partial charge in [-0.15, -0.1) is 0 Å². The summed E-state index contributed by atoms with van der Waals surface area (Å²) in [4.78, 5) is 20.8. The molecule has 4 rings (SSSR count). The molecule has 24 heavy (non-hydrogen) atoms. The number of pyridine rings is 1. The van der Waals surface area contributed by atoms with Gasteiger partial charge < -0.3 is 11.1 Å². The Labute approximate surface area is 140 Å². The van der Waals surface area contributed by atoms with Gasteiger partial charge in [-0.2, -0.15) is 5.10 Å². The average Bonchev–Trinajstić information content (AvgIpc) is 3.09. The van der Waals surface area contributed by atoms with E-state index in [-0.39, 0.29) is 17.9 Å². The highest BCUT2D eigenvalue weighted by atomic mass is 16.1. The maximum absolute atomic E-state index is 12.6. The van der Waals surface area contributed by atoms with E-state index in [0.29, 0.717) is 23.3 Å². The zero-order chi connectivity index (χ0) is 16.5. The molecule has 2 heterocycles. The molecule has 2 aromatic rings. The van der Waals surface area contributed by atoms with Gasteiger partial charge in [0.05, 0.1) is 11.9 Å². The molecular formula is C17H22N6O. The molecule has 2 saturated carbocycles. The second kappa shape index (κ2) is 6.32. The van der Waals surface area contributed by atoms with E-state index < -0.39 is 0 Å². The molecule has 0 radical (unpaired) electrons. The number of nitrogens with one attached hydrogen (secondary N) is 1. The first-order chi connectivity index (χ1) is 11.7. The molecule has 2 aliphatic rings. The van der Waals surface area contributed by atoms with Crippen LogP contribution in [0.2, 0.25) is 0 Å². The number of carbonyl (C=O) groups excluding carboxylic acids is 1. The third-order valence-corrected chi connectivity index (χ3v) is 5.45. The molecule has 0 saturated heterocycles. The third kappa shape index (κ3) is 2.91. The molecule has 2 atom stereocenters. The molecule has 2 fully saturated rings. The molecule has 2 aromatic heterocycles. The van der Waals surface area contributed by atoms with Gasteiger partial charge >= 0.3 is 0 Å². The lowest BCUT2D eigenvalue weighted by molar-refractivity contribution is -0.122. The highest BCUT2D eigenvalue weighted by Crippen LogP contribution is 2.42. The number of rotatable bonds is 3. The number of carbonyl (C=O) groups is 1. The molecule has 2 unspecified atom stereocenters. The Hall–Kier alpha value is -2.28. The van der Waals surface area contributed by atoms with Crippen LogP contribution in [0.3, 0.4) is 0 Å². The third-order valence-electron chi connectivity index (χ3n) is 5.45. The van der Waals surface area contributed by atoms with Gasteiger partial charge in [0.1, 0.15) is 12.7 Å². The van der Waals surface area contributed by atoms with Gasteiger partial charge in [0.25, 0.3) is 0 Å². The lowest BCUT2D eigenvalue weighted by Gasteiger charge is -2.43. The second-order valence-corrected chi connectivity index (χ2v) is 6.93. The Morgan fingerprint density at radius 2 is 2.04 bits per heavy atom. The van der Waals surface area contributed by atoms with Crippen LogP contribution >= 0.6 is 0 Å². The van der Waals surface area contributed by atoms with Crippen molar-refractivity contribution in [1.29, 1.82) is 0 Å². The van der Waals surface area contributed by atoms with E-state index in [9.17, 15) is 4.79 Å². The molecular weight excluding hydrogens is 304 g/mol. The van der Waals surface area contributed by atoms with Crippen molar-refractivity contribution < 1.29 is 4.79 Å². The first-order valence-electron chi connectivity index (χ1n) is 8.58. The number of nitrogens with zero attached hydrogens (tertiary/aromatic N) is 4. The summed E-state index contributed by atoms with van der Waals surface area (Å²) in [6.07, 6.45) is 10.1. The Kier molecular flexibility index (Phi) is 4.02. The zero-order valence-corrected chi connectivity index (χ0v) is 13.5. The summed E-state index contributed by atoms with van der Waals surface area (Å²) >= 11 is 0. The van der Waals surface area contributed by atoms with Crippen molar-refractivity contribution in [3.8, 4) is 5.82 Å². The van der Waals surface area contributed by atoms with Crippen LogP contribution in [0.15, 0.2) is 31.0 Å². The zero-order valence-electron chi connectivity index (χ0n) is 13.5. The molecule has 0 spiro atoms. The van der Waals surface area contributed by atoms with Gasteiger partial charge in [-0.05, 0) is 49.7 Å². The predicted octanol–water partition coefficient (Wildman–Crippen LogP) is 1.75. The quantitative estimate of drug-likeness (QED) is 0.895. The molecule has 0 aliphatic heterocycles. The normalized spacial score (nSPS) is 29.2. The minimum atomic E-state index is 0.0649. The van der Waals surface area contributed by atoms with Gasteiger partial charge in [0.2, 0.25) is 5.91 Å². The van der Waals surface area contributed by atoms with Crippen molar-refractivity contribution in [2.24, 2.45) is 23.5 Å². The van der Waals surface area contributed by atoms with Crippen LogP contribution in [-0.4, -0.2) is 31.7 Å². The van der Waals surface area contributed by atoms with Crippen LogP contribution in [0, 0.1) is 17.8 Å². The standard InChI is InChI=1S/C17H22N6O/c18-16-11-2-1-3-12(16)7-13(6-11)17(24)22-14-4-5-15(20-8-14)23-10-19-9-21-23/h4-5,8-13,16H,1-3,6-7,18H2,(H,22,24). The number of fused-ring (bicyclic) bond motifs is 2. The largest absolute Gasteiger partial charge is 0.327 e. The predicted molar refractivity (Wildman–Crippen MR) is 89.3 cm³/mol. The molecule has 2 aliphatic carbocycles. The van der Waals surface area contributed by atoms with E-state index in [0.717, 1.165) is 25.7 Å². The van der Waals surface area contributed by atoms with Gasteiger partial charge in [-0.1, -0.05) is 6.42 Å². The van der Waals surface area contributed by atoms with Crippen LogP contribution < -0.4 is 11.1 Å². The number of amides is 1. The number of nitrogens with two attached hydrogens (primary N) is 1. The Bertz CT molecular complexity index is 684. The first kappa shape index (κ1) is 15.3. The molecule has 7 nitrogen and oxygen atoms in total. The van der Waals surface area contributed by atoms with Crippen LogP contribution in [0.25, 0.3) is 5.82 Å². The van der Waals surface area contributed by atoms with Crippen LogP contribution in [0.4, 0.5) is 5.69 Å². The molecule has 126 valence electrons. The fourth-order valence-corrected chi connectivity index (χ4v) is 4.17. The average molecular weight is 326 g/mol. The Balaban J connectivity index is 1.41. The van der Waals surface area contributed by atoms with Crippen molar-refractivity contribution >= 4 is 11.6 Å². The van der Waals surface area contributed by atoms with E-state index in [4.69, 9.17) is 5.73 Å². The van der Waals surface area contributed by atoms with E-state index in [2.05, 4.69) is 20.4 Å². The topological polar surface area (TPSA) is 98.7 Å².